The van der Waals surface area contributed by atoms with Crippen molar-refractivity contribution in [2.24, 2.45) is 0 Å². The summed E-state index contributed by atoms with van der Waals surface area (Å²) in [5.74, 6) is 0.246. The van der Waals surface area contributed by atoms with Crippen molar-refractivity contribution < 1.29 is 13.2 Å². The Labute approximate surface area is 203 Å². The van der Waals surface area contributed by atoms with Crippen LogP contribution in [-0.2, 0) is 16.6 Å². The fourth-order valence-corrected chi connectivity index (χ4v) is 4.99. The Bertz CT molecular complexity index is 1220. The molecule has 1 unspecified atom stereocenters. The minimum absolute atomic E-state index is 0.143. The van der Waals surface area contributed by atoms with Gasteiger partial charge in [-0.25, -0.2) is 8.42 Å². The summed E-state index contributed by atoms with van der Waals surface area (Å²) < 4.78 is 27.0. The molecule has 3 aromatic rings. The first-order valence-corrected chi connectivity index (χ1v) is 13.4. The van der Waals surface area contributed by atoms with Gasteiger partial charge in [0.25, 0.3) is 5.91 Å². The van der Waals surface area contributed by atoms with E-state index in [1.807, 2.05) is 55.5 Å². The second kappa shape index (κ2) is 10.9. The summed E-state index contributed by atoms with van der Waals surface area (Å²) >= 11 is 0. The van der Waals surface area contributed by atoms with E-state index in [0.717, 1.165) is 22.4 Å². The maximum absolute atomic E-state index is 12.8. The van der Waals surface area contributed by atoms with Crippen LogP contribution in [0, 0.1) is 6.92 Å². The molecule has 0 radical (unpaired) electrons. The molecule has 3 aromatic carbocycles. The maximum atomic E-state index is 12.8. The predicted molar refractivity (Wildman–Crippen MR) is 140 cm³/mol. The highest BCUT2D eigenvalue weighted by atomic mass is 32.2. The van der Waals surface area contributed by atoms with Gasteiger partial charge < -0.3 is 5.32 Å². The first kappa shape index (κ1) is 25.5. The highest BCUT2D eigenvalue weighted by Crippen LogP contribution is 2.33. The average molecular weight is 479 g/mol. The van der Waals surface area contributed by atoms with Crippen LogP contribution in [0.1, 0.15) is 65.2 Å². The lowest BCUT2D eigenvalue weighted by Gasteiger charge is -2.28. The van der Waals surface area contributed by atoms with Crippen LogP contribution >= 0.6 is 0 Å². The van der Waals surface area contributed by atoms with Crippen molar-refractivity contribution in [1.82, 2.24) is 5.32 Å². The molecule has 0 aliphatic heterocycles. The summed E-state index contributed by atoms with van der Waals surface area (Å²) in [7, 11) is -3.51. The number of amides is 1. The zero-order chi connectivity index (χ0) is 24.9. The number of anilines is 1. The fourth-order valence-electron chi connectivity index (χ4n) is 4.02. The van der Waals surface area contributed by atoms with Crippen LogP contribution in [0.3, 0.4) is 0 Å². The lowest BCUT2D eigenvalue weighted by Crippen LogP contribution is -2.31. The van der Waals surface area contributed by atoms with Gasteiger partial charge in [-0.3, -0.25) is 9.10 Å². The molecule has 0 fully saturated rings. The highest BCUT2D eigenvalue weighted by molar-refractivity contribution is 7.92. The minimum atomic E-state index is -3.51. The summed E-state index contributed by atoms with van der Waals surface area (Å²) in [6.07, 6.45) is 1.24. The summed E-state index contributed by atoms with van der Waals surface area (Å²) in [6, 6.07) is 23.1. The third-order valence-corrected chi connectivity index (χ3v) is 7.13. The normalized spacial score (nSPS) is 12.4. The Morgan fingerprint density at radius 1 is 0.912 bits per heavy atom. The SMILES string of the molecule is Cc1cccc(C(C)C)c1N(Cc1ccc(C(=O)NCC(C)c2ccccc2)cc1)S(C)(=O)=O. The number of nitrogens with one attached hydrogen (secondary N) is 1. The number of carbonyl (C=O) groups is 1. The molecule has 0 saturated carbocycles. The summed E-state index contributed by atoms with van der Waals surface area (Å²) in [6.45, 7) is 8.88. The molecule has 34 heavy (non-hydrogen) atoms. The zero-order valence-electron chi connectivity index (χ0n) is 20.6. The predicted octanol–water partition coefficient (Wildman–Crippen LogP) is 5.62. The van der Waals surface area contributed by atoms with Crippen LogP contribution in [0.15, 0.2) is 72.8 Å². The number of nitrogens with zero attached hydrogens (tertiary/aromatic N) is 1. The molecule has 0 spiro atoms. The standard InChI is InChI=1S/C28H34N2O3S/c1-20(2)26-13-9-10-21(3)27(26)30(34(5,32)33)19-23-14-16-25(17-15-23)28(31)29-18-22(4)24-11-7-6-8-12-24/h6-17,20,22H,18-19H2,1-5H3,(H,29,31). The van der Waals surface area contributed by atoms with E-state index >= 15 is 0 Å². The van der Waals surface area contributed by atoms with Gasteiger partial charge in [0.1, 0.15) is 0 Å². The molecule has 1 N–H and O–H groups in total. The monoisotopic (exact) mass is 478 g/mol. The molecule has 1 atom stereocenters. The Balaban J connectivity index is 1.75. The van der Waals surface area contributed by atoms with Crippen LogP contribution in [0.2, 0.25) is 0 Å². The number of rotatable bonds is 9. The largest absolute Gasteiger partial charge is 0.351 e. The van der Waals surface area contributed by atoms with Crippen molar-refractivity contribution in [3.8, 4) is 0 Å². The van der Waals surface area contributed by atoms with Crippen molar-refractivity contribution in [2.45, 2.75) is 46.1 Å². The molecule has 180 valence electrons. The molecule has 6 heteroatoms. The van der Waals surface area contributed by atoms with Crippen LogP contribution in [0.5, 0.6) is 0 Å². The van der Waals surface area contributed by atoms with E-state index in [9.17, 15) is 13.2 Å². The fraction of sp³-hybridized carbons (Fsp3) is 0.321. The minimum Gasteiger partial charge on any atom is -0.351 e. The first-order valence-electron chi connectivity index (χ1n) is 11.6. The van der Waals surface area contributed by atoms with Crippen LogP contribution in [0.25, 0.3) is 0 Å². The first-order chi connectivity index (χ1) is 16.1. The smallest absolute Gasteiger partial charge is 0.251 e. The lowest BCUT2D eigenvalue weighted by molar-refractivity contribution is 0.0951. The Hall–Kier alpha value is -3.12. The van der Waals surface area contributed by atoms with Crippen LogP contribution < -0.4 is 9.62 Å². The number of para-hydroxylation sites is 1. The molecular formula is C28H34N2O3S. The van der Waals surface area contributed by atoms with Crippen LogP contribution in [0.4, 0.5) is 5.69 Å². The van der Waals surface area contributed by atoms with Crippen molar-refractivity contribution in [2.75, 3.05) is 17.1 Å². The molecule has 0 aromatic heterocycles. The topological polar surface area (TPSA) is 66.5 Å². The van der Waals surface area contributed by atoms with Gasteiger partial charge in [0.05, 0.1) is 18.5 Å². The van der Waals surface area contributed by atoms with Gasteiger partial charge >= 0.3 is 0 Å². The summed E-state index contributed by atoms with van der Waals surface area (Å²) in [5.41, 5.74) is 5.19. The van der Waals surface area contributed by atoms with Crippen molar-refractivity contribution in [3.63, 3.8) is 0 Å². The van der Waals surface area contributed by atoms with Gasteiger partial charge in [-0.15, -0.1) is 0 Å². The molecule has 5 nitrogen and oxygen atoms in total. The molecule has 1 amide bonds. The second-order valence-electron chi connectivity index (χ2n) is 9.16. The molecule has 0 aliphatic carbocycles. The number of aryl methyl sites for hydroxylation is 1. The van der Waals surface area contributed by atoms with Gasteiger partial charge in [0.15, 0.2) is 0 Å². The Morgan fingerprint density at radius 2 is 1.56 bits per heavy atom. The molecule has 0 bridgehead atoms. The quantitative estimate of drug-likeness (QED) is 0.434. The van der Waals surface area contributed by atoms with E-state index in [1.54, 1.807) is 12.1 Å². The molecule has 0 aliphatic rings. The van der Waals surface area contributed by atoms with Gasteiger partial charge in [-0.05, 0) is 53.1 Å². The summed E-state index contributed by atoms with van der Waals surface area (Å²) in [4.78, 5) is 12.6. The molecule has 0 heterocycles. The van der Waals surface area contributed by atoms with Gasteiger partial charge in [-0.2, -0.15) is 0 Å². The van der Waals surface area contributed by atoms with E-state index < -0.39 is 10.0 Å². The number of hydrogen-bond acceptors (Lipinski definition) is 3. The molecule has 3 rings (SSSR count). The number of hydrogen-bond donors (Lipinski definition) is 1. The Morgan fingerprint density at radius 3 is 2.15 bits per heavy atom. The number of sulfonamides is 1. The third kappa shape index (κ3) is 6.26. The lowest BCUT2D eigenvalue weighted by atomic mass is 9.98. The zero-order valence-corrected chi connectivity index (χ0v) is 21.4. The number of carbonyl (C=O) groups excluding carboxylic acids is 1. The van der Waals surface area contributed by atoms with E-state index in [1.165, 1.54) is 16.1 Å². The Kier molecular flexibility index (Phi) is 8.15. The maximum Gasteiger partial charge on any atom is 0.251 e. The van der Waals surface area contributed by atoms with Gasteiger partial charge in [0, 0.05) is 12.1 Å². The number of benzene rings is 3. The van der Waals surface area contributed by atoms with Crippen molar-refractivity contribution in [1.29, 1.82) is 0 Å². The van der Waals surface area contributed by atoms with E-state index in [2.05, 4.69) is 38.2 Å². The van der Waals surface area contributed by atoms with Crippen molar-refractivity contribution in [3.05, 3.63) is 101 Å². The van der Waals surface area contributed by atoms with E-state index in [-0.39, 0.29) is 24.3 Å². The summed E-state index contributed by atoms with van der Waals surface area (Å²) in [5, 5.41) is 2.99. The second-order valence-corrected chi connectivity index (χ2v) is 11.1. The third-order valence-electron chi connectivity index (χ3n) is 6.02. The molecular weight excluding hydrogens is 444 g/mol. The van der Waals surface area contributed by atoms with E-state index in [4.69, 9.17) is 0 Å². The molecule has 0 saturated heterocycles. The average Bonchev–Trinajstić information content (AvgIpc) is 2.81. The van der Waals surface area contributed by atoms with Crippen LogP contribution in [-0.4, -0.2) is 27.1 Å². The van der Waals surface area contributed by atoms with Gasteiger partial charge in [-0.1, -0.05) is 81.4 Å². The highest BCUT2D eigenvalue weighted by Gasteiger charge is 2.23. The van der Waals surface area contributed by atoms with Crippen molar-refractivity contribution >= 4 is 21.6 Å². The van der Waals surface area contributed by atoms with E-state index in [0.29, 0.717) is 12.1 Å². The van der Waals surface area contributed by atoms with Gasteiger partial charge in [0.2, 0.25) is 10.0 Å².